The van der Waals surface area contributed by atoms with Crippen LogP contribution in [0.15, 0.2) is 30.3 Å². The van der Waals surface area contributed by atoms with Crippen LogP contribution in [0.3, 0.4) is 0 Å². The second kappa shape index (κ2) is 5.97. The number of nitrogens with one attached hydrogen (secondary N) is 1. The van der Waals surface area contributed by atoms with Gasteiger partial charge in [-0.25, -0.2) is 8.78 Å². The van der Waals surface area contributed by atoms with E-state index >= 15 is 0 Å². The molecule has 2 rings (SSSR count). The topological polar surface area (TPSA) is 58.6 Å². The number of hydrogen-bond donors (Lipinski definition) is 2. The normalized spacial score (nSPS) is 10.3. The number of hydrogen-bond acceptors (Lipinski definition) is 3. The lowest BCUT2D eigenvalue weighted by molar-refractivity contribution is 0.102. The van der Waals surface area contributed by atoms with Gasteiger partial charge in [0.2, 0.25) is 0 Å². The maximum atomic E-state index is 13.6. The van der Waals surface area contributed by atoms with E-state index in [1.165, 1.54) is 25.3 Å². The summed E-state index contributed by atoms with van der Waals surface area (Å²) in [7, 11) is 1.40. The van der Waals surface area contributed by atoms with Crippen LogP contribution in [0.5, 0.6) is 11.5 Å². The van der Waals surface area contributed by atoms with Gasteiger partial charge in [-0.05, 0) is 18.2 Å². The third-order valence-electron chi connectivity index (χ3n) is 2.69. The monoisotopic (exact) mass is 313 g/mol. The number of methoxy groups -OCH3 is 1. The predicted molar refractivity (Wildman–Crippen MR) is 74.0 cm³/mol. The second-order valence-corrected chi connectivity index (χ2v) is 4.49. The Morgan fingerprint density at radius 2 is 2.00 bits per heavy atom. The minimum Gasteiger partial charge on any atom is -0.507 e. The molecule has 2 N–H and O–H groups in total. The molecule has 7 heteroatoms. The second-order valence-electron chi connectivity index (χ2n) is 4.08. The first-order chi connectivity index (χ1) is 9.92. The van der Waals surface area contributed by atoms with Crippen molar-refractivity contribution >= 4 is 23.2 Å². The van der Waals surface area contributed by atoms with Gasteiger partial charge in [-0.2, -0.15) is 0 Å². The number of phenols is 1. The Morgan fingerprint density at radius 3 is 2.57 bits per heavy atom. The van der Waals surface area contributed by atoms with Crippen molar-refractivity contribution in [3.05, 3.63) is 52.6 Å². The third-order valence-corrected chi connectivity index (χ3v) is 2.99. The van der Waals surface area contributed by atoms with E-state index in [9.17, 15) is 18.7 Å². The van der Waals surface area contributed by atoms with Crippen molar-refractivity contribution in [3.8, 4) is 11.5 Å². The number of halogens is 3. The van der Waals surface area contributed by atoms with Gasteiger partial charge in [-0.15, -0.1) is 0 Å². The minimum atomic E-state index is -1.01. The molecule has 0 saturated carbocycles. The summed E-state index contributed by atoms with van der Waals surface area (Å²) >= 11 is 5.68. The lowest BCUT2D eigenvalue weighted by Gasteiger charge is -2.10. The molecule has 4 nitrogen and oxygen atoms in total. The predicted octanol–water partition coefficient (Wildman–Crippen LogP) is 3.58. The quantitative estimate of drug-likeness (QED) is 0.910. The Bertz CT molecular complexity index is 684. The highest BCUT2D eigenvalue weighted by Gasteiger charge is 2.17. The van der Waals surface area contributed by atoms with Crippen LogP contribution in [0.2, 0.25) is 5.02 Å². The van der Waals surface area contributed by atoms with Gasteiger partial charge in [0.15, 0.2) is 5.82 Å². The molecule has 0 bridgehead atoms. The van der Waals surface area contributed by atoms with E-state index in [0.717, 1.165) is 6.07 Å². The first-order valence-electron chi connectivity index (χ1n) is 5.75. The van der Waals surface area contributed by atoms with Crippen molar-refractivity contribution in [2.75, 3.05) is 12.4 Å². The SMILES string of the molecule is COc1ccc(C(=O)Nc2c(F)cc(F)cc2Cl)c(O)c1. The zero-order valence-electron chi connectivity index (χ0n) is 10.8. The minimum absolute atomic E-state index is 0.101. The average molecular weight is 314 g/mol. The van der Waals surface area contributed by atoms with Crippen LogP contribution in [0.25, 0.3) is 0 Å². The van der Waals surface area contributed by atoms with E-state index in [0.29, 0.717) is 11.8 Å². The number of carbonyl (C=O) groups is 1. The Balaban J connectivity index is 2.30. The molecule has 2 aromatic carbocycles. The summed E-state index contributed by atoms with van der Waals surface area (Å²) in [6.45, 7) is 0. The number of ether oxygens (including phenoxy) is 1. The molecule has 0 aliphatic rings. The lowest BCUT2D eigenvalue weighted by Crippen LogP contribution is -2.14. The van der Waals surface area contributed by atoms with Crippen LogP contribution < -0.4 is 10.1 Å². The molecule has 0 aliphatic carbocycles. The molecule has 0 saturated heterocycles. The maximum Gasteiger partial charge on any atom is 0.259 e. The smallest absolute Gasteiger partial charge is 0.259 e. The van der Waals surface area contributed by atoms with E-state index < -0.39 is 17.5 Å². The fourth-order valence-corrected chi connectivity index (χ4v) is 1.91. The summed E-state index contributed by atoms with van der Waals surface area (Å²) in [5.41, 5.74) is -0.464. The number of phenolic OH excluding ortho intramolecular Hbond substituents is 1. The molecule has 0 atom stereocenters. The number of carbonyl (C=O) groups excluding carboxylic acids is 1. The zero-order valence-corrected chi connectivity index (χ0v) is 11.5. The lowest BCUT2D eigenvalue weighted by atomic mass is 10.1. The van der Waals surface area contributed by atoms with Crippen molar-refractivity contribution in [1.29, 1.82) is 0 Å². The molecule has 21 heavy (non-hydrogen) atoms. The molecule has 0 aromatic heterocycles. The first kappa shape index (κ1) is 15.1. The van der Waals surface area contributed by atoms with Crippen LogP contribution in [-0.2, 0) is 0 Å². The third kappa shape index (κ3) is 3.22. The standard InChI is InChI=1S/C14H10ClF2NO3/c1-21-8-2-3-9(12(19)6-8)14(20)18-13-10(15)4-7(16)5-11(13)17/h2-6,19H,1H3,(H,18,20). The Hall–Kier alpha value is -2.34. The van der Waals surface area contributed by atoms with E-state index in [4.69, 9.17) is 16.3 Å². The molecule has 0 aliphatic heterocycles. The van der Waals surface area contributed by atoms with Crippen LogP contribution in [0.4, 0.5) is 14.5 Å². The zero-order chi connectivity index (χ0) is 15.6. The molecule has 0 spiro atoms. The van der Waals surface area contributed by atoms with E-state index in [1.54, 1.807) is 0 Å². The molecule has 0 unspecified atom stereocenters. The summed E-state index contributed by atoms with van der Waals surface area (Å²) in [4.78, 5) is 12.0. The Labute approximate surface area is 123 Å². The van der Waals surface area contributed by atoms with Crippen molar-refractivity contribution < 1.29 is 23.4 Å². The van der Waals surface area contributed by atoms with Crippen LogP contribution in [0, 0.1) is 11.6 Å². The average Bonchev–Trinajstić information content (AvgIpc) is 2.42. The van der Waals surface area contributed by atoms with Gasteiger partial charge in [0.25, 0.3) is 5.91 Å². The fourth-order valence-electron chi connectivity index (χ4n) is 1.67. The largest absolute Gasteiger partial charge is 0.507 e. The van der Waals surface area contributed by atoms with Crippen molar-refractivity contribution in [2.24, 2.45) is 0 Å². The molecule has 1 amide bonds. The number of rotatable bonds is 3. The molecule has 0 fully saturated rings. The van der Waals surface area contributed by atoms with Gasteiger partial charge in [-0.1, -0.05) is 11.6 Å². The van der Waals surface area contributed by atoms with Crippen molar-refractivity contribution in [3.63, 3.8) is 0 Å². The highest BCUT2D eigenvalue weighted by molar-refractivity contribution is 6.34. The van der Waals surface area contributed by atoms with Gasteiger partial charge >= 0.3 is 0 Å². The maximum absolute atomic E-state index is 13.6. The number of amides is 1. The first-order valence-corrected chi connectivity index (χ1v) is 6.13. The summed E-state index contributed by atoms with van der Waals surface area (Å²) in [6.07, 6.45) is 0. The summed E-state index contributed by atoms with van der Waals surface area (Å²) in [6, 6.07) is 5.46. The Morgan fingerprint density at radius 1 is 1.29 bits per heavy atom. The summed E-state index contributed by atoms with van der Waals surface area (Å²) in [5.74, 6) is -2.65. The van der Waals surface area contributed by atoms with Crippen LogP contribution in [0.1, 0.15) is 10.4 Å². The highest BCUT2D eigenvalue weighted by atomic mass is 35.5. The van der Waals surface area contributed by atoms with Gasteiger partial charge in [0, 0.05) is 12.1 Å². The highest BCUT2D eigenvalue weighted by Crippen LogP contribution is 2.29. The van der Waals surface area contributed by atoms with Crippen molar-refractivity contribution in [1.82, 2.24) is 0 Å². The number of benzene rings is 2. The van der Waals surface area contributed by atoms with Gasteiger partial charge in [0.1, 0.15) is 17.3 Å². The van der Waals surface area contributed by atoms with Crippen LogP contribution in [-0.4, -0.2) is 18.1 Å². The number of anilines is 1. The van der Waals surface area contributed by atoms with Gasteiger partial charge in [-0.3, -0.25) is 4.79 Å². The van der Waals surface area contributed by atoms with E-state index in [1.807, 2.05) is 0 Å². The van der Waals surface area contributed by atoms with Gasteiger partial charge in [0.05, 0.1) is 23.4 Å². The fraction of sp³-hybridized carbons (Fsp3) is 0.0714. The molecular formula is C14H10ClF2NO3. The molecular weight excluding hydrogens is 304 g/mol. The summed E-state index contributed by atoms with van der Waals surface area (Å²) in [5, 5.41) is 11.6. The van der Waals surface area contributed by atoms with Gasteiger partial charge < -0.3 is 15.2 Å². The summed E-state index contributed by atoms with van der Waals surface area (Å²) < 4.78 is 31.4. The Kier molecular flexibility index (Phi) is 4.28. The van der Waals surface area contributed by atoms with E-state index in [2.05, 4.69) is 5.32 Å². The molecule has 110 valence electrons. The molecule has 0 radical (unpaired) electrons. The van der Waals surface area contributed by atoms with E-state index in [-0.39, 0.29) is 22.0 Å². The van der Waals surface area contributed by atoms with Crippen molar-refractivity contribution in [2.45, 2.75) is 0 Å². The molecule has 0 heterocycles. The molecule has 2 aromatic rings. The van der Waals surface area contributed by atoms with Crippen LogP contribution >= 0.6 is 11.6 Å². The number of aromatic hydroxyl groups is 1.